The van der Waals surface area contributed by atoms with Crippen LogP contribution in [0.1, 0.15) is 26.3 Å². The Morgan fingerprint density at radius 3 is 2.86 bits per heavy atom. The zero-order chi connectivity index (χ0) is 16.2. The molecule has 6 heteroatoms. The van der Waals surface area contributed by atoms with Gasteiger partial charge >= 0.3 is 6.09 Å². The fourth-order valence-corrected chi connectivity index (χ4v) is 1.73. The van der Waals surface area contributed by atoms with E-state index in [1.807, 2.05) is 18.2 Å². The zero-order valence-electron chi connectivity index (χ0n) is 12.8. The Balaban J connectivity index is 2.00. The van der Waals surface area contributed by atoms with E-state index in [0.29, 0.717) is 5.82 Å². The van der Waals surface area contributed by atoms with Crippen LogP contribution in [0.4, 0.5) is 10.6 Å². The molecule has 0 aliphatic heterocycles. The first-order chi connectivity index (χ1) is 10.3. The van der Waals surface area contributed by atoms with Gasteiger partial charge < -0.3 is 15.8 Å². The summed E-state index contributed by atoms with van der Waals surface area (Å²) in [5, 5.41) is 3.33. The van der Waals surface area contributed by atoms with Gasteiger partial charge in [-0.05, 0) is 39.0 Å². The molecule has 0 saturated carbocycles. The number of benzene rings is 1. The fourth-order valence-electron chi connectivity index (χ4n) is 1.73. The van der Waals surface area contributed by atoms with Gasteiger partial charge in [-0.1, -0.05) is 11.8 Å². The highest BCUT2D eigenvalue weighted by molar-refractivity contribution is 5.88. The molecule has 6 nitrogen and oxygen atoms in total. The molecular formula is C16H18N4O2. The number of hydrogen-bond donors (Lipinski definition) is 2. The maximum atomic E-state index is 11.5. The van der Waals surface area contributed by atoms with Crippen LogP contribution in [0.5, 0.6) is 0 Å². The van der Waals surface area contributed by atoms with Crippen LogP contribution in [0.25, 0.3) is 10.9 Å². The molecule has 0 aliphatic carbocycles. The van der Waals surface area contributed by atoms with Gasteiger partial charge in [0, 0.05) is 10.9 Å². The van der Waals surface area contributed by atoms with Gasteiger partial charge in [0.2, 0.25) is 0 Å². The van der Waals surface area contributed by atoms with E-state index in [1.54, 1.807) is 20.8 Å². The highest BCUT2D eigenvalue weighted by Gasteiger charge is 2.14. The van der Waals surface area contributed by atoms with Gasteiger partial charge in [0.1, 0.15) is 17.7 Å². The maximum absolute atomic E-state index is 11.5. The van der Waals surface area contributed by atoms with Crippen LogP contribution in [0, 0.1) is 11.8 Å². The quantitative estimate of drug-likeness (QED) is 0.787. The van der Waals surface area contributed by atoms with Crippen LogP contribution in [0.3, 0.4) is 0 Å². The van der Waals surface area contributed by atoms with Crippen molar-refractivity contribution >= 4 is 22.8 Å². The largest absolute Gasteiger partial charge is 0.444 e. The minimum atomic E-state index is -0.520. The van der Waals surface area contributed by atoms with Crippen molar-refractivity contribution < 1.29 is 9.53 Å². The Labute approximate surface area is 129 Å². The number of carbonyl (C=O) groups is 1. The Morgan fingerprint density at radius 1 is 1.36 bits per heavy atom. The van der Waals surface area contributed by atoms with Crippen LogP contribution in [-0.2, 0) is 4.74 Å². The van der Waals surface area contributed by atoms with E-state index in [0.717, 1.165) is 16.5 Å². The minimum Gasteiger partial charge on any atom is -0.444 e. The Morgan fingerprint density at radius 2 is 2.14 bits per heavy atom. The number of nitrogens with one attached hydrogen (secondary N) is 1. The number of aromatic nitrogens is 2. The molecule has 0 unspecified atom stereocenters. The molecule has 1 aromatic carbocycles. The van der Waals surface area contributed by atoms with E-state index < -0.39 is 11.7 Å². The second-order valence-electron chi connectivity index (χ2n) is 5.65. The second-order valence-corrected chi connectivity index (χ2v) is 5.65. The molecular weight excluding hydrogens is 280 g/mol. The molecule has 1 amide bonds. The van der Waals surface area contributed by atoms with Crippen LogP contribution < -0.4 is 11.1 Å². The number of hydrogen-bond acceptors (Lipinski definition) is 5. The third kappa shape index (κ3) is 4.35. The maximum Gasteiger partial charge on any atom is 0.408 e. The zero-order valence-corrected chi connectivity index (χ0v) is 12.8. The monoisotopic (exact) mass is 298 g/mol. The lowest BCUT2D eigenvalue weighted by Crippen LogP contribution is -2.32. The Bertz CT molecular complexity index is 754. The average Bonchev–Trinajstić information content (AvgIpc) is 2.42. The van der Waals surface area contributed by atoms with E-state index in [4.69, 9.17) is 10.5 Å². The number of nitrogens with zero attached hydrogens (tertiary/aromatic N) is 2. The van der Waals surface area contributed by atoms with Gasteiger partial charge in [-0.25, -0.2) is 14.8 Å². The summed E-state index contributed by atoms with van der Waals surface area (Å²) in [7, 11) is 0. The Hall–Kier alpha value is -2.81. The lowest BCUT2D eigenvalue weighted by molar-refractivity contribution is 0.0535. The number of fused-ring (bicyclic) bond motifs is 1. The molecule has 0 saturated heterocycles. The first-order valence-electron chi connectivity index (χ1n) is 6.81. The first kappa shape index (κ1) is 15.6. The van der Waals surface area contributed by atoms with E-state index >= 15 is 0 Å². The van der Waals surface area contributed by atoms with Crippen molar-refractivity contribution in [3.8, 4) is 11.8 Å². The SMILES string of the molecule is CC(C)(C)OC(=O)NCC#Cc1ccc2ncnc(N)c2c1. The normalized spacial score (nSPS) is 10.7. The summed E-state index contributed by atoms with van der Waals surface area (Å²) in [4.78, 5) is 19.5. The molecule has 3 N–H and O–H groups in total. The number of alkyl carbamates (subject to hydrolysis) is 1. The molecule has 0 bridgehead atoms. The van der Waals surface area contributed by atoms with Gasteiger partial charge in [0.05, 0.1) is 12.1 Å². The number of ether oxygens (including phenoxy) is 1. The topological polar surface area (TPSA) is 90.1 Å². The van der Waals surface area contributed by atoms with Crippen molar-refractivity contribution in [2.45, 2.75) is 26.4 Å². The molecule has 2 aromatic rings. The average molecular weight is 298 g/mol. The summed E-state index contributed by atoms with van der Waals surface area (Å²) in [5.74, 6) is 6.23. The molecule has 0 aliphatic rings. The van der Waals surface area contributed by atoms with Crippen LogP contribution in [-0.4, -0.2) is 28.2 Å². The number of amides is 1. The number of anilines is 1. The van der Waals surface area contributed by atoms with Crippen LogP contribution in [0.2, 0.25) is 0 Å². The molecule has 1 aromatic heterocycles. The molecule has 0 atom stereocenters. The lowest BCUT2D eigenvalue weighted by Gasteiger charge is -2.18. The molecule has 114 valence electrons. The molecule has 2 rings (SSSR count). The van der Waals surface area contributed by atoms with E-state index in [9.17, 15) is 4.79 Å². The Kier molecular flexibility index (Phi) is 4.47. The smallest absolute Gasteiger partial charge is 0.408 e. The van der Waals surface area contributed by atoms with Crippen molar-refractivity contribution in [3.63, 3.8) is 0 Å². The predicted octanol–water partition coefficient (Wildman–Crippen LogP) is 2.09. The minimum absolute atomic E-state index is 0.202. The number of nitrogens with two attached hydrogens (primary N) is 1. The van der Waals surface area contributed by atoms with Gasteiger partial charge in [-0.15, -0.1) is 0 Å². The number of nitrogen functional groups attached to an aromatic ring is 1. The highest BCUT2D eigenvalue weighted by Crippen LogP contribution is 2.17. The summed E-state index contributed by atoms with van der Waals surface area (Å²) in [5.41, 5.74) is 6.83. The van der Waals surface area contributed by atoms with Crippen molar-refractivity contribution in [1.82, 2.24) is 15.3 Å². The van der Waals surface area contributed by atoms with Gasteiger partial charge in [0.25, 0.3) is 0 Å². The summed E-state index contributed by atoms with van der Waals surface area (Å²) >= 11 is 0. The lowest BCUT2D eigenvalue weighted by atomic mass is 10.1. The predicted molar refractivity (Wildman–Crippen MR) is 85.1 cm³/mol. The highest BCUT2D eigenvalue weighted by atomic mass is 16.6. The standard InChI is InChI=1S/C16H18N4O2/c1-16(2,3)22-15(21)18-8-4-5-11-6-7-13-12(9-11)14(17)20-10-19-13/h6-7,9-10H,8H2,1-3H3,(H,18,21)(H2,17,19,20). The van der Waals surface area contributed by atoms with Gasteiger partial charge in [-0.2, -0.15) is 0 Å². The molecule has 1 heterocycles. The molecule has 0 radical (unpaired) electrons. The molecule has 0 spiro atoms. The van der Waals surface area contributed by atoms with Gasteiger partial charge in [0.15, 0.2) is 0 Å². The number of carbonyl (C=O) groups excluding carboxylic acids is 1. The van der Waals surface area contributed by atoms with Gasteiger partial charge in [-0.3, -0.25) is 0 Å². The summed E-state index contributed by atoms with van der Waals surface area (Å²) in [6, 6.07) is 5.50. The molecule has 22 heavy (non-hydrogen) atoms. The summed E-state index contributed by atoms with van der Waals surface area (Å²) < 4.78 is 5.11. The van der Waals surface area contributed by atoms with Crippen LogP contribution in [0.15, 0.2) is 24.5 Å². The first-order valence-corrected chi connectivity index (χ1v) is 6.81. The molecule has 0 fully saturated rings. The third-order valence-corrected chi connectivity index (χ3v) is 2.62. The van der Waals surface area contributed by atoms with Crippen molar-refractivity contribution in [3.05, 3.63) is 30.1 Å². The third-order valence-electron chi connectivity index (χ3n) is 2.62. The summed E-state index contributed by atoms with van der Waals surface area (Å²) in [6.07, 6.45) is 0.936. The van der Waals surface area contributed by atoms with Crippen molar-refractivity contribution in [2.75, 3.05) is 12.3 Å². The summed E-state index contributed by atoms with van der Waals surface area (Å²) in [6.45, 7) is 5.62. The fraction of sp³-hybridized carbons (Fsp3) is 0.312. The van der Waals surface area contributed by atoms with E-state index in [2.05, 4.69) is 27.1 Å². The van der Waals surface area contributed by atoms with E-state index in [1.165, 1.54) is 6.33 Å². The van der Waals surface area contributed by atoms with E-state index in [-0.39, 0.29) is 6.54 Å². The number of rotatable bonds is 1. The van der Waals surface area contributed by atoms with Crippen LogP contribution >= 0.6 is 0 Å². The second kappa shape index (κ2) is 6.31. The van der Waals surface area contributed by atoms with Crippen molar-refractivity contribution in [2.24, 2.45) is 0 Å². The van der Waals surface area contributed by atoms with Crippen molar-refractivity contribution in [1.29, 1.82) is 0 Å².